The predicted octanol–water partition coefficient (Wildman–Crippen LogP) is 1.96. The Balaban J connectivity index is 0.000001000. The van der Waals surface area contributed by atoms with E-state index in [0.717, 1.165) is 12.0 Å². The summed E-state index contributed by atoms with van der Waals surface area (Å²) >= 11 is 0. The summed E-state index contributed by atoms with van der Waals surface area (Å²) in [5, 5.41) is 8.95. The zero-order valence-corrected chi connectivity index (χ0v) is 7.19. The number of hydrogen-bond donors (Lipinski definition) is 2. The number of benzene rings is 1. The summed E-state index contributed by atoms with van der Waals surface area (Å²) in [5.41, 5.74) is 7.32. The second-order valence-electron chi connectivity index (χ2n) is 2.24. The molecular formula is C8H12ClNO. The Hall–Kier alpha value is -0.890. The summed E-state index contributed by atoms with van der Waals surface area (Å²) in [4.78, 5) is 0. The van der Waals surface area contributed by atoms with E-state index in [1.807, 2.05) is 13.0 Å². The highest BCUT2D eigenvalue weighted by Gasteiger charge is 1.95. The molecule has 0 aliphatic carbocycles. The van der Waals surface area contributed by atoms with Crippen molar-refractivity contribution in [3.8, 4) is 5.75 Å². The van der Waals surface area contributed by atoms with Crippen LogP contribution < -0.4 is 5.73 Å². The van der Waals surface area contributed by atoms with Crippen molar-refractivity contribution >= 4 is 18.1 Å². The largest absolute Gasteiger partial charge is 0.508 e. The SMILES string of the molecule is CCc1ccc(O)cc1N.Cl. The molecule has 3 N–H and O–H groups in total. The van der Waals surface area contributed by atoms with Crippen molar-refractivity contribution in [1.29, 1.82) is 0 Å². The van der Waals surface area contributed by atoms with Gasteiger partial charge in [0.2, 0.25) is 0 Å². The Bertz CT molecular complexity index is 238. The van der Waals surface area contributed by atoms with Crippen LogP contribution in [-0.2, 0) is 6.42 Å². The monoisotopic (exact) mass is 173 g/mol. The van der Waals surface area contributed by atoms with Crippen LogP contribution in [0.4, 0.5) is 5.69 Å². The fourth-order valence-electron chi connectivity index (χ4n) is 0.904. The third-order valence-electron chi connectivity index (χ3n) is 1.51. The Morgan fingerprint density at radius 1 is 1.45 bits per heavy atom. The molecule has 0 radical (unpaired) electrons. The minimum Gasteiger partial charge on any atom is -0.508 e. The van der Waals surface area contributed by atoms with Gasteiger partial charge in [0.25, 0.3) is 0 Å². The third-order valence-corrected chi connectivity index (χ3v) is 1.51. The number of anilines is 1. The first kappa shape index (κ1) is 10.1. The lowest BCUT2D eigenvalue weighted by molar-refractivity contribution is 0.475. The van der Waals surface area contributed by atoms with Gasteiger partial charge in [-0.3, -0.25) is 0 Å². The average molecular weight is 174 g/mol. The van der Waals surface area contributed by atoms with Crippen LogP contribution in [0.5, 0.6) is 5.75 Å². The fraction of sp³-hybridized carbons (Fsp3) is 0.250. The van der Waals surface area contributed by atoms with Crippen molar-refractivity contribution in [1.82, 2.24) is 0 Å². The van der Waals surface area contributed by atoms with Crippen molar-refractivity contribution in [2.24, 2.45) is 0 Å². The van der Waals surface area contributed by atoms with Crippen molar-refractivity contribution in [2.45, 2.75) is 13.3 Å². The number of aryl methyl sites for hydroxylation is 1. The number of aromatic hydroxyl groups is 1. The van der Waals surface area contributed by atoms with Gasteiger partial charge in [0, 0.05) is 11.8 Å². The molecule has 62 valence electrons. The smallest absolute Gasteiger partial charge is 0.117 e. The minimum atomic E-state index is 0. The summed E-state index contributed by atoms with van der Waals surface area (Å²) in [6.45, 7) is 2.03. The lowest BCUT2D eigenvalue weighted by Gasteiger charge is -2.01. The number of nitrogens with two attached hydrogens (primary N) is 1. The van der Waals surface area contributed by atoms with E-state index >= 15 is 0 Å². The summed E-state index contributed by atoms with van der Waals surface area (Å²) in [6, 6.07) is 5.05. The summed E-state index contributed by atoms with van der Waals surface area (Å²) in [5.74, 6) is 0.231. The Morgan fingerprint density at radius 3 is 2.55 bits per heavy atom. The molecule has 3 heteroatoms. The number of phenols is 1. The van der Waals surface area contributed by atoms with Crippen LogP contribution in [0.15, 0.2) is 18.2 Å². The molecule has 0 aromatic heterocycles. The first-order chi connectivity index (χ1) is 4.74. The van der Waals surface area contributed by atoms with Crippen LogP contribution in [0, 0.1) is 0 Å². The maximum absolute atomic E-state index is 8.95. The molecule has 2 nitrogen and oxygen atoms in total. The standard InChI is InChI=1S/C8H11NO.ClH/c1-2-6-3-4-7(10)5-8(6)9;/h3-5,10H,2,9H2,1H3;1H. The summed E-state index contributed by atoms with van der Waals surface area (Å²) in [7, 11) is 0. The van der Waals surface area contributed by atoms with Gasteiger partial charge in [-0.05, 0) is 18.1 Å². The topological polar surface area (TPSA) is 46.2 Å². The first-order valence-electron chi connectivity index (χ1n) is 3.31. The molecule has 0 bridgehead atoms. The second kappa shape index (κ2) is 4.09. The van der Waals surface area contributed by atoms with Crippen LogP contribution in [0.1, 0.15) is 12.5 Å². The minimum absolute atomic E-state index is 0. The maximum atomic E-state index is 8.95. The number of halogens is 1. The Morgan fingerprint density at radius 2 is 2.09 bits per heavy atom. The molecular weight excluding hydrogens is 162 g/mol. The lowest BCUT2D eigenvalue weighted by Crippen LogP contribution is -1.90. The van der Waals surface area contributed by atoms with E-state index in [-0.39, 0.29) is 18.2 Å². The van der Waals surface area contributed by atoms with Crippen molar-refractivity contribution in [2.75, 3.05) is 5.73 Å². The van der Waals surface area contributed by atoms with E-state index < -0.39 is 0 Å². The van der Waals surface area contributed by atoms with Gasteiger partial charge in [0.1, 0.15) is 5.75 Å². The molecule has 0 heterocycles. The van der Waals surface area contributed by atoms with Crippen LogP contribution >= 0.6 is 12.4 Å². The van der Waals surface area contributed by atoms with Gasteiger partial charge in [0.15, 0.2) is 0 Å². The maximum Gasteiger partial charge on any atom is 0.117 e. The molecule has 0 aliphatic rings. The zero-order chi connectivity index (χ0) is 7.56. The van der Waals surface area contributed by atoms with Gasteiger partial charge in [-0.2, -0.15) is 0 Å². The molecule has 0 saturated heterocycles. The average Bonchev–Trinajstić information content (AvgIpc) is 1.88. The van der Waals surface area contributed by atoms with Crippen LogP contribution in [0.2, 0.25) is 0 Å². The fourth-order valence-corrected chi connectivity index (χ4v) is 0.904. The number of phenolic OH excluding ortho intramolecular Hbond substituents is 1. The molecule has 0 fully saturated rings. The molecule has 1 rings (SSSR count). The predicted molar refractivity (Wildman–Crippen MR) is 49.1 cm³/mol. The molecule has 0 unspecified atom stereocenters. The van der Waals surface area contributed by atoms with Gasteiger partial charge < -0.3 is 10.8 Å². The normalized spacial score (nSPS) is 8.82. The van der Waals surface area contributed by atoms with E-state index in [1.165, 1.54) is 0 Å². The van der Waals surface area contributed by atoms with Crippen molar-refractivity contribution < 1.29 is 5.11 Å². The van der Waals surface area contributed by atoms with E-state index in [4.69, 9.17) is 10.8 Å². The summed E-state index contributed by atoms with van der Waals surface area (Å²) < 4.78 is 0. The van der Waals surface area contributed by atoms with Gasteiger partial charge >= 0.3 is 0 Å². The Labute approximate surface area is 72.4 Å². The van der Waals surface area contributed by atoms with Crippen LogP contribution in [0.25, 0.3) is 0 Å². The first-order valence-corrected chi connectivity index (χ1v) is 3.31. The quantitative estimate of drug-likeness (QED) is 0.638. The van der Waals surface area contributed by atoms with Crippen LogP contribution in [-0.4, -0.2) is 5.11 Å². The van der Waals surface area contributed by atoms with Gasteiger partial charge in [-0.15, -0.1) is 12.4 Å². The van der Waals surface area contributed by atoms with E-state index in [1.54, 1.807) is 12.1 Å². The van der Waals surface area contributed by atoms with Crippen molar-refractivity contribution in [3.63, 3.8) is 0 Å². The van der Waals surface area contributed by atoms with E-state index in [9.17, 15) is 0 Å². The molecule has 11 heavy (non-hydrogen) atoms. The van der Waals surface area contributed by atoms with Crippen molar-refractivity contribution in [3.05, 3.63) is 23.8 Å². The molecule has 0 atom stereocenters. The highest BCUT2D eigenvalue weighted by molar-refractivity contribution is 5.85. The number of hydrogen-bond acceptors (Lipinski definition) is 2. The van der Waals surface area contributed by atoms with Gasteiger partial charge in [-0.1, -0.05) is 13.0 Å². The molecule has 1 aromatic rings. The number of nitrogen functional groups attached to an aromatic ring is 1. The van der Waals surface area contributed by atoms with E-state index in [0.29, 0.717) is 5.69 Å². The third kappa shape index (κ3) is 2.31. The highest BCUT2D eigenvalue weighted by Crippen LogP contribution is 2.18. The molecule has 0 amide bonds. The molecule has 0 spiro atoms. The second-order valence-corrected chi connectivity index (χ2v) is 2.24. The molecule has 1 aromatic carbocycles. The summed E-state index contributed by atoms with van der Waals surface area (Å²) in [6.07, 6.45) is 0.909. The van der Waals surface area contributed by atoms with E-state index in [2.05, 4.69) is 0 Å². The lowest BCUT2D eigenvalue weighted by atomic mass is 10.1. The van der Waals surface area contributed by atoms with Gasteiger partial charge in [-0.25, -0.2) is 0 Å². The highest BCUT2D eigenvalue weighted by atomic mass is 35.5. The van der Waals surface area contributed by atoms with Crippen LogP contribution in [0.3, 0.4) is 0 Å². The Kier molecular flexibility index (Phi) is 3.76. The molecule has 0 saturated carbocycles. The molecule has 0 aliphatic heterocycles. The zero-order valence-electron chi connectivity index (χ0n) is 6.37. The van der Waals surface area contributed by atoms with Gasteiger partial charge in [0.05, 0.1) is 0 Å². The number of rotatable bonds is 1.